The molecular weight excluding hydrogens is 176 g/mol. The third kappa shape index (κ3) is 9.30. The van der Waals surface area contributed by atoms with Crippen LogP contribution in [-0.4, -0.2) is 12.6 Å². The molecule has 0 amide bonds. The highest BCUT2D eigenvalue weighted by Gasteiger charge is 2.03. The molecular formula is C12H22O2. The molecule has 0 atom stereocenters. The summed E-state index contributed by atoms with van der Waals surface area (Å²) in [5.41, 5.74) is 0. The molecule has 0 saturated heterocycles. The van der Waals surface area contributed by atoms with Gasteiger partial charge in [-0.15, -0.1) is 0 Å². The summed E-state index contributed by atoms with van der Waals surface area (Å²) in [4.78, 5) is 11.1. The van der Waals surface area contributed by atoms with Gasteiger partial charge in [0.15, 0.2) is 0 Å². The summed E-state index contributed by atoms with van der Waals surface area (Å²) in [6, 6.07) is 0. The molecule has 0 N–H and O–H groups in total. The van der Waals surface area contributed by atoms with E-state index in [1.807, 2.05) is 0 Å². The molecule has 0 heterocycles. The van der Waals surface area contributed by atoms with Gasteiger partial charge in [-0.2, -0.15) is 0 Å². The Morgan fingerprint density at radius 2 is 2.07 bits per heavy atom. The predicted molar refractivity (Wildman–Crippen MR) is 59.1 cm³/mol. The zero-order valence-corrected chi connectivity index (χ0v) is 9.58. The third-order valence-electron chi connectivity index (χ3n) is 1.88. The molecule has 0 aliphatic rings. The molecule has 0 fully saturated rings. The molecule has 82 valence electrons. The topological polar surface area (TPSA) is 26.3 Å². The van der Waals surface area contributed by atoms with Gasteiger partial charge in [0.05, 0.1) is 6.61 Å². The predicted octanol–water partition coefficient (Wildman–Crippen LogP) is 3.32. The van der Waals surface area contributed by atoms with Crippen LogP contribution in [0.15, 0.2) is 12.2 Å². The van der Waals surface area contributed by atoms with Gasteiger partial charge < -0.3 is 4.74 Å². The van der Waals surface area contributed by atoms with Gasteiger partial charge in [0, 0.05) is 6.42 Å². The largest absolute Gasteiger partial charge is 0.465 e. The fourth-order valence-electron chi connectivity index (χ4n) is 1.00. The highest BCUT2D eigenvalue weighted by molar-refractivity contribution is 5.69. The van der Waals surface area contributed by atoms with Crippen molar-refractivity contribution < 1.29 is 9.53 Å². The molecule has 0 bridgehead atoms. The number of hydrogen-bond acceptors (Lipinski definition) is 2. The molecule has 0 saturated carbocycles. The van der Waals surface area contributed by atoms with Gasteiger partial charge >= 0.3 is 5.97 Å². The van der Waals surface area contributed by atoms with Crippen molar-refractivity contribution in [1.29, 1.82) is 0 Å². The first kappa shape index (κ1) is 13.2. The van der Waals surface area contributed by atoms with Crippen LogP contribution in [0.5, 0.6) is 0 Å². The second-order valence-electron chi connectivity index (χ2n) is 3.82. The monoisotopic (exact) mass is 198 g/mol. The first-order valence-electron chi connectivity index (χ1n) is 5.47. The SMILES string of the molecule is CC/C=C\CCOC(=O)CCC(C)C. The molecule has 2 nitrogen and oxygen atoms in total. The number of rotatable bonds is 7. The molecule has 0 spiro atoms. The Kier molecular flexibility index (Phi) is 8.30. The molecule has 0 unspecified atom stereocenters. The van der Waals surface area contributed by atoms with Crippen molar-refractivity contribution in [2.75, 3.05) is 6.61 Å². The van der Waals surface area contributed by atoms with Crippen molar-refractivity contribution in [1.82, 2.24) is 0 Å². The average Bonchev–Trinajstić information content (AvgIpc) is 2.14. The Bertz CT molecular complexity index is 171. The highest BCUT2D eigenvalue weighted by atomic mass is 16.5. The maximum atomic E-state index is 11.1. The molecule has 0 aromatic heterocycles. The van der Waals surface area contributed by atoms with Crippen molar-refractivity contribution in [3.8, 4) is 0 Å². The van der Waals surface area contributed by atoms with Gasteiger partial charge in [-0.05, 0) is 25.2 Å². The number of esters is 1. The van der Waals surface area contributed by atoms with E-state index in [-0.39, 0.29) is 5.97 Å². The maximum absolute atomic E-state index is 11.1. The fraction of sp³-hybridized carbons (Fsp3) is 0.750. The standard InChI is InChI=1S/C12H22O2/c1-4-5-6-7-10-14-12(13)9-8-11(2)3/h5-6,11H,4,7-10H2,1-3H3/b6-5-. The molecule has 2 heteroatoms. The first-order chi connectivity index (χ1) is 6.66. The Morgan fingerprint density at radius 1 is 1.36 bits per heavy atom. The third-order valence-corrected chi connectivity index (χ3v) is 1.88. The Labute approximate surface area is 87.3 Å². The molecule has 0 rings (SSSR count). The molecule has 14 heavy (non-hydrogen) atoms. The van der Waals surface area contributed by atoms with Gasteiger partial charge in [-0.3, -0.25) is 4.79 Å². The quantitative estimate of drug-likeness (QED) is 0.356. The van der Waals surface area contributed by atoms with Crippen LogP contribution in [0, 0.1) is 5.92 Å². The van der Waals surface area contributed by atoms with Gasteiger partial charge in [-0.25, -0.2) is 0 Å². The lowest BCUT2D eigenvalue weighted by atomic mass is 10.1. The lowest BCUT2D eigenvalue weighted by molar-refractivity contribution is -0.143. The van der Waals surface area contributed by atoms with Crippen LogP contribution in [-0.2, 0) is 9.53 Å². The lowest BCUT2D eigenvalue weighted by Crippen LogP contribution is -2.06. The molecule has 0 radical (unpaired) electrons. The summed E-state index contributed by atoms with van der Waals surface area (Å²) in [5, 5.41) is 0. The molecule has 0 aromatic carbocycles. The van der Waals surface area contributed by atoms with Crippen molar-refractivity contribution >= 4 is 5.97 Å². The van der Waals surface area contributed by atoms with Crippen molar-refractivity contribution in [3.63, 3.8) is 0 Å². The Balaban J connectivity index is 3.31. The van der Waals surface area contributed by atoms with E-state index in [9.17, 15) is 4.79 Å². The zero-order valence-electron chi connectivity index (χ0n) is 9.58. The number of carbonyl (C=O) groups excluding carboxylic acids is 1. The van der Waals surface area contributed by atoms with Gasteiger partial charge in [0.2, 0.25) is 0 Å². The lowest BCUT2D eigenvalue weighted by Gasteiger charge is -2.04. The average molecular weight is 198 g/mol. The summed E-state index contributed by atoms with van der Waals surface area (Å²) in [7, 11) is 0. The van der Waals surface area contributed by atoms with Crippen molar-refractivity contribution in [2.24, 2.45) is 5.92 Å². The molecule has 0 aliphatic heterocycles. The number of ether oxygens (including phenoxy) is 1. The van der Waals surface area contributed by atoms with Crippen LogP contribution in [0.1, 0.15) is 46.5 Å². The highest BCUT2D eigenvalue weighted by Crippen LogP contribution is 2.04. The zero-order chi connectivity index (χ0) is 10.8. The first-order valence-corrected chi connectivity index (χ1v) is 5.47. The van der Waals surface area contributed by atoms with Gasteiger partial charge in [0.1, 0.15) is 0 Å². The Morgan fingerprint density at radius 3 is 2.64 bits per heavy atom. The van der Waals surface area contributed by atoms with Gasteiger partial charge in [0.25, 0.3) is 0 Å². The number of hydrogen-bond donors (Lipinski definition) is 0. The van der Waals surface area contributed by atoms with E-state index in [1.165, 1.54) is 0 Å². The van der Waals surface area contributed by atoms with Crippen LogP contribution in [0.4, 0.5) is 0 Å². The molecule has 0 aromatic rings. The van der Waals surface area contributed by atoms with Crippen LogP contribution < -0.4 is 0 Å². The van der Waals surface area contributed by atoms with Crippen molar-refractivity contribution in [2.45, 2.75) is 46.5 Å². The van der Waals surface area contributed by atoms with Crippen LogP contribution in [0.25, 0.3) is 0 Å². The van der Waals surface area contributed by atoms with E-state index in [0.717, 1.165) is 19.3 Å². The normalized spacial score (nSPS) is 11.1. The van der Waals surface area contributed by atoms with E-state index in [1.54, 1.807) is 0 Å². The Hall–Kier alpha value is -0.790. The fourth-order valence-corrected chi connectivity index (χ4v) is 1.00. The van der Waals surface area contributed by atoms with E-state index in [2.05, 4.69) is 32.9 Å². The van der Waals surface area contributed by atoms with E-state index in [0.29, 0.717) is 18.9 Å². The van der Waals surface area contributed by atoms with E-state index in [4.69, 9.17) is 4.74 Å². The summed E-state index contributed by atoms with van der Waals surface area (Å²) in [6.45, 7) is 6.83. The second-order valence-corrected chi connectivity index (χ2v) is 3.82. The van der Waals surface area contributed by atoms with E-state index >= 15 is 0 Å². The van der Waals surface area contributed by atoms with E-state index < -0.39 is 0 Å². The van der Waals surface area contributed by atoms with Crippen LogP contribution >= 0.6 is 0 Å². The minimum Gasteiger partial charge on any atom is -0.465 e. The number of allylic oxidation sites excluding steroid dienone is 1. The second kappa shape index (κ2) is 8.79. The molecule has 0 aliphatic carbocycles. The maximum Gasteiger partial charge on any atom is 0.305 e. The summed E-state index contributed by atoms with van der Waals surface area (Å²) in [6.07, 6.45) is 7.49. The van der Waals surface area contributed by atoms with Crippen molar-refractivity contribution in [3.05, 3.63) is 12.2 Å². The summed E-state index contributed by atoms with van der Waals surface area (Å²) in [5.74, 6) is 0.506. The summed E-state index contributed by atoms with van der Waals surface area (Å²) < 4.78 is 5.05. The van der Waals surface area contributed by atoms with Gasteiger partial charge in [-0.1, -0.05) is 32.9 Å². The van der Waals surface area contributed by atoms with Crippen LogP contribution in [0.3, 0.4) is 0 Å². The smallest absolute Gasteiger partial charge is 0.305 e. The minimum atomic E-state index is -0.0661. The minimum absolute atomic E-state index is 0.0661. The van der Waals surface area contributed by atoms with Crippen LogP contribution in [0.2, 0.25) is 0 Å². The summed E-state index contributed by atoms with van der Waals surface area (Å²) >= 11 is 0. The number of carbonyl (C=O) groups is 1.